The van der Waals surface area contributed by atoms with Crippen LogP contribution in [0, 0.1) is 0 Å². The molecule has 0 bridgehead atoms. The lowest BCUT2D eigenvalue weighted by Crippen LogP contribution is -2.18. The largest absolute Gasteiger partial charge is 0.317 e. The van der Waals surface area contributed by atoms with Crippen molar-refractivity contribution < 1.29 is 25.1 Å². The second-order valence-electron chi connectivity index (χ2n) is 3.25. The van der Waals surface area contributed by atoms with Gasteiger partial charge in [-0.1, -0.05) is 24.3 Å². The maximum atomic E-state index is 8.68. The summed E-state index contributed by atoms with van der Waals surface area (Å²) in [6, 6.07) is 7.22. The smallest absolute Gasteiger partial charge is 0.202 e. The van der Waals surface area contributed by atoms with Crippen LogP contribution < -0.4 is 5.32 Å². The van der Waals surface area contributed by atoms with E-state index in [9.17, 15) is 0 Å². The molecule has 0 aliphatic rings. The van der Waals surface area contributed by atoms with E-state index in [1.165, 1.54) is 0 Å². The van der Waals surface area contributed by atoms with E-state index in [0.29, 0.717) is 6.54 Å². The molecular weight excluding hydrogens is 258 g/mol. The van der Waals surface area contributed by atoms with E-state index in [4.69, 9.17) is 15.3 Å². The highest BCUT2D eigenvalue weighted by molar-refractivity contribution is 7.78. The molecule has 1 atom stereocenters. The zero-order valence-corrected chi connectivity index (χ0v) is 10.6. The molecule has 3 N–H and O–H groups in total. The average Bonchev–Trinajstić information content (AvgIpc) is 2.38. The van der Waals surface area contributed by atoms with Crippen molar-refractivity contribution in [3.63, 3.8) is 0 Å². The number of hydrogen-bond donors (Lipinski definition) is 3. The van der Waals surface area contributed by atoms with E-state index in [1.54, 1.807) is 19.2 Å². The summed E-state index contributed by atoms with van der Waals surface area (Å²) < 4.78 is 0. The molecule has 7 heteroatoms. The standard InChI is InChI=1S/C10H15NO4.COS/c1-11-6-10(15-13)9-4-2-8(3-5-9)7-14-12;2-1-3/h2-5,10-13H,6-7H2,1H3;. The first kappa shape index (κ1) is 16.8. The number of thiocarbonyl (C=S) groups is 1. The van der Waals surface area contributed by atoms with Crippen molar-refractivity contribution in [2.45, 2.75) is 12.7 Å². The molecule has 100 valence electrons. The van der Waals surface area contributed by atoms with Gasteiger partial charge in [-0.3, -0.25) is 10.5 Å². The number of carbonyl (C=O) groups excluding carboxylic acids is 1. The fourth-order valence-electron chi connectivity index (χ4n) is 1.30. The number of rotatable bonds is 6. The third-order valence-corrected chi connectivity index (χ3v) is 2.10. The van der Waals surface area contributed by atoms with Crippen LogP contribution in [0.2, 0.25) is 0 Å². The van der Waals surface area contributed by atoms with Crippen molar-refractivity contribution in [1.29, 1.82) is 0 Å². The Bertz CT molecular complexity index is 351. The van der Waals surface area contributed by atoms with Crippen LogP contribution in [0.1, 0.15) is 17.2 Å². The van der Waals surface area contributed by atoms with Crippen molar-refractivity contribution in [2.24, 2.45) is 0 Å². The summed E-state index contributed by atoms with van der Waals surface area (Å²) in [7, 11) is 1.78. The van der Waals surface area contributed by atoms with Crippen LogP contribution in [0.25, 0.3) is 0 Å². The minimum atomic E-state index is -0.390. The molecule has 1 aromatic rings. The topological polar surface area (TPSA) is 88.0 Å². The molecule has 0 fully saturated rings. The van der Waals surface area contributed by atoms with Gasteiger partial charge in [-0.2, -0.15) is 0 Å². The van der Waals surface area contributed by atoms with E-state index in [1.807, 2.05) is 12.1 Å². The molecule has 1 rings (SSSR count). The number of likely N-dealkylation sites (N-methyl/N-ethyl adjacent to an activating group) is 1. The van der Waals surface area contributed by atoms with Gasteiger partial charge in [0.05, 0.1) is 0 Å². The molecule has 18 heavy (non-hydrogen) atoms. The molecular formula is C11H15NO5S. The second kappa shape index (κ2) is 10.9. The quantitative estimate of drug-likeness (QED) is 0.413. The third kappa shape index (κ3) is 6.53. The highest BCUT2D eigenvalue weighted by Crippen LogP contribution is 2.16. The molecule has 0 heterocycles. The number of benzene rings is 1. The van der Waals surface area contributed by atoms with Crippen LogP contribution in [0.5, 0.6) is 0 Å². The first-order valence-electron chi connectivity index (χ1n) is 5.02. The van der Waals surface area contributed by atoms with Gasteiger partial charge in [0.2, 0.25) is 5.23 Å². The zero-order valence-electron chi connectivity index (χ0n) is 9.83. The van der Waals surface area contributed by atoms with E-state index in [-0.39, 0.29) is 12.7 Å². The first-order valence-corrected chi connectivity index (χ1v) is 5.43. The Morgan fingerprint density at radius 2 is 1.94 bits per heavy atom. The van der Waals surface area contributed by atoms with Crippen LogP contribution in [0.3, 0.4) is 0 Å². The van der Waals surface area contributed by atoms with Crippen molar-refractivity contribution >= 4 is 17.5 Å². The predicted octanol–water partition coefficient (Wildman–Crippen LogP) is 1.68. The summed E-state index contributed by atoms with van der Waals surface area (Å²) in [5, 5.41) is 20.9. The van der Waals surface area contributed by atoms with Gasteiger partial charge in [-0.15, -0.1) is 0 Å². The second-order valence-corrected chi connectivity index (χ2v) is 3.42. The zero-order chi connectivity index (χ0) is 13.8. The molecule has 0 aliphatic heterocycles. The lowest BCUT2D eigenvalue weighted by molar-refractivity contribution is -0.280. The SMILES string of the molecule is CNCC(OO)c1ccc(COO)cc1.O=C=S. The lowest BCUT2D eigenvalue weighted by atomic mass is 10.1. The minimum Gasteiger partial charge on any atom is -0.317 e. The van der Waals surface area contributed by atoms with Gasteiger partial charge in [-0.25, -0.2) is 14.6 Å². The van der Waals surface area contributed by atoms with Crippen LogP contribution in [0.15, 0.2) is 24.3 Å². The van der Waals surface area contributed by atoms with E-state index < -0.39 is 0 Å². The summed E-state index contributed by atoms with van der Waals surface area (Å²) >= 11 is 3.59. The predicted molar refractivity (Wildman–Crippen MR) is 67.5 cm³/mol. The van der Waals surface area contributed by atoms with Gasteiger partial charge in [0.25, 0.3) is 0 Å². The Morgan fingerprint density at radius 1 is 1.39 bits per heavy atom. The van der Waals surface area contributed by atoms with Crippen molar-refractivity contribution in [3.05, 3.63) is 35.4 Å². The van der Waals surface area contributed by atoms with Gasteiger partial charge in [0, 0.05) is 18.8 Å². The van der Waals surface area contributed by atoms with Crippen LogP contribution >= 0.6 is 12.2 Å². The molecule has 0 aliphatic carbocycles. The molecule has 6 nitrogen and oxygen atoms in total. The fourth-order valence-corrected chi connectivity index (χ4v) is 1.30. The Labute approximate surface area is 110 Å². The molecule has 0 amide bonds. The van der Waals surface area contributed by atoms with E-state index >= 15 is 0 Å². The van der Waals surface area contributed by atoms with Gasteiger partial charge in [-0.05, 0) is 18.2 Å². The van der Waals surface area contributed by atoms with Gasteiger partial charge < -0.3 is 5.32 Å². The minimum absolute atomic E-state index is 0.150. The summed E-state index contributed by atoms with van der Waals surface area (Å²) in [5.41, 5.74) is 1.70. The van der Waals surface area contributed by atoms with Crippen molar-refractivity contribution in [3.8, 4) is 0 Å². The highest BCUT2D eigenvalue weighted by atomic mass is 32.1. The van der Waals surface area contributed by atoms with E-state index in [0.717, 1.165) is 16.4 Å². The molecule has 0 radical (unpaired) electrons. The fraction of sp³-hybridized carbons (Fsp3) is 0.364. The molecule has 1 aromatic carbocycles. The maximum absolute atomic E-state index is 8.68. The third-order valence-electron chi connectivity index (χ3n) is 2.10. The van der Waals surface area contributed by atoms with Crippen molar-refractivity contribution in [2.75, 3.05) is 13.6 Å². The Kier molecular flexibility index (Phi) is 10.2. The Balaban J connectivity index is 0.000000873. The normalized spacial score (nSPS) is 11.1. The van der Waals surface area contributed by atoms with Gasteiger partial charge >= 0.3 is 0 Å². The molecule has 0 spiro atoms. The van der Waals surface area contributed by atoms with E-state index in [2.05, 4.69) is 27.3 Å². The number of nitrogens with one attached hydrogen (secondary N) is 1. The van der Waals surface area contributed by atoms with Crippen LogP contribution in [-0.4, -0.2) is 29.3 Å². The monoisotopic (exact) mass is 273 g/mol. The van der Waals surface area contributed by atoms with Gasteiger partial charge in [0.1, 0.15) is 12.7 Å². The summed E-state index contributed by atoms with van der Waals surface area (Å²) in [4.78, 5) is 16.8. The molecule has 0 saturated heterocycles. The summed E-state index contributed by atoms with van der Waals surface area (Å²) in [6.07, 6.45) is -0.390. The Hall–Kier alpha value is -1.18. The van der Waals surface area contributed by atoms with Gasteiger partial charge in [0.15, 0.2) is 0 Å². The molecule has 1 unspecified atom stereocenters. The lowest BCUT2D eigenvalue weighted by Gasteiger charge is -2.13. The van der Waals surface area contributed by atoms with Crippen molar-refractivity contribution in [1.82, 2.24) is 5.32 Å². The first-order chi connectivity index (χ1) is 8.73. The average molecular weight is 273 g/mol. The Morgan fingerprint density at radius 3 is 2.33 bits per heavy atom. The summed E-state index contributed by atoms with van der Waals surface area (Å²) in [5.74, 6) is 0. The van der Waals surface area contributed by atoms with Crippen LogP contribution in [-0.2, 0) is 21.2 Å². The highest BCUT2D eigenvalue weighted by Gasteiger charge is 2.10. The molecule has 0 aromatic heterocycles. The number of hydrogen-bond acceptors (Lipinski definition) is 7. The summed E-state index contributed by atoms with van der Waals surface area (Å²) in [6.45, 7) is 0.670. The van der Waals surface area contributed by atoms with Crippen LogP contribution in [0.4, 0.5) is 0 Å². The molecule has 0 saturated carbocycles. The maximum Gasteiger partial charge on any atom is 0.202 e.